The summed E-state index contributed by atoms with van der Waals surface area (Å²) in [4.78, 5) is 11.3. The second-order valence-electron chi connectivity index (χ2n) is 4.65. The van der Waals surface area contributed by atoms with Crippen molar-refractivity contribution in [3.05, 3.63) is 73.7 Å². The summed E-state index contributed by atoms with van der Waals surface area (Å²) in [6.07, 6.45) is 2.21. The Morgan fingerprint density at radius 3 is 2.55 bits per heavy atom. The number of primary amides is 1. The van der Waals surface area contributed by atoms with E-state index in [1.54, 1.807) is 0 Å². The molecule has 0 unspecified atom stereocenters. The number of hydrogen-bond acceptors (Lipinski definition) is 2. The van der Waals surface area contributed by atoms with Crippen LogP contribution in [0.2, 0.25) is 0 Å². The van der Waals surface area contributed by atoms with Crippen molar-refractivity contribution in [1.29, 1.82) is 5.26 Å². The van der Waals surface area contributed by atoms with Gasteiger partial charge in [-0.1, -0.05) is 56.1 Å². The van der Waals surface area contributed by atoms with Crippen LogP contribution in [0.25, 0.3) is 6.08 Å². The monoisotopic (exact) mass is 418 g/mol. The smallest absolute Gasteiger partial charge is 0.259 e. The number of rotatable bonds is 4. The van der Waals surface area contributed by atoms with Gasteiger partial charge in [0, 0.05) is 8.95 Å². The van der Waals surface area contributed by atoms with Crippen LogP contribution in [-0.2, 0) is 11.2 Å². The van der Waals surface area contributed by atoms with E-state index in [0.29, 0.717) is 6.42 Å². The fourth-order valence-electron chi connectivity index (χ4n) is 2.02. The fraction of sp³-hybridized carbons (Fsp3) is 0.0588. The standard InChI is InChI=1S/C17H12Br2N2O/c18-15-6-5-11(7-12-3-1-2-4-16(12)19)13(9-15)8-14(10-20)17(21)22/h1-6,8-9H,7H2,(H2,21,22)/b14-8+. The summed E-state index contributed by atoms with van der Waals surface area (Å²) in [5, 5.41) is 9.01. The van der Waals surface area contributed by atoms with Crippen molar-refractivity contribution in [2.45, 2.75) is 6.42 Å². The highest BCUT2D eigenvalue weighted by Crippen LogP contribution is 2.25. The SMILES string of the molecule is N#C/C(=C\c1cc(Br)ccc1Cc1ccccc1Br)C(N)=O. The van der Waals surface area contributed by atoms with E-state index in [4.69, 9.17) is 11.0 Å². The number of benzene rings is 2. The molecule has 2 N–H and O–H groups in total. The zero-order valence-corrected chi connectivity index (χ0v) is 14.7. The normalized spacial score (nSPS) is 11.0. The van der Waals surface area contributed by atoms with Gasteiger partial charge in [-0.3, -0.25) is 4.79 Å². The van der Waals surface area contributed by atoms with Gasteiger partial charge in [-0.2, -0.15) is 5.26 Å². The highest BCUT2D eigenvalue weighted by atomic mass is 79.9. The van der Waals surface area contributed by atoms with Gasteiger partial charge in [-0.15, -0.1) is 0 Å². The molecule has 2 aromatic rings. The molecule has 110 valence electrons. The molecule has 0 atom stereocenters. The Morgan fingerprint density at radius 2 is 1.91 bits per heavy atom. The minimum absolute atomic E-state index is 0.0634. The minimum Gasteiger partial charge on any atom is -0.365 e. The number of carbonyl (C=O) groups is 1. The third kappa shape index (κ3) is 4.06. The summed E-state index contributed by atoms with van der Waals surface area (Å²) >= 11 is 6.94. The second-order valence-corrected chi connectivity index (χ2v) is 6.42. The molecule has 0 heterocycles. The maximum absolute atomic E-state index is 11.3. The molecular weight excluding hydrogens is 408 g/mol. The predicted molar refractivity (Wildman–Crippen MR) is 93.9 cm³/mol. The van der Waals surface area contributed by atoms with Gasteiger partial charge in [0.15, 0.2) is 0 Å². The van der Waals surface area contributed by atoms with E-state index in [1.807, 2.05) is 48.5 Å². The zero-order valence-electron chi connectivity index (χ0n) is 11.5. The average Bonchev–Trinajstić information content (AvgIpc) is 2.49. The second kappa shape index (κ2) is 7.39. The topological polar surface area (TPSA) is 66.9 Å². The van der Waals surface area contributed by atoms with Crippen LogP contribution >= 0.6 is 31.9 Å². The van der Waals surface area contributed by atoms with Crippen LogP contribution in [0.15, 0.2) is 57.0 Å². The van der Waals surface area contributed by atoms with E-state index in [-0.39, 0.29) is 5.57 Å². The quantitative estimate of drug-likeness (QED) is 0.596. The van der Waals surface area contributed by atoms with Crippen LogP contribution in [-0.4, -0.2) is 5.91 Å². The third-order valence-electron chi connectivity index (χ3n) is 3.13. The first kappa shape index (κ1) is 16.5. The number of nitrogens with zero attached hydrogens (tertiary/aromatic N) is 1. The molecule has 1 amide bonds. The van der Waals surface area contributed by atoms with Crippen molar-refractivity contribution >= 4 is 43.8 Å². The Hall–Kier alpha value is -1.90. The molecule has 2 rings (SSSR count). The molecule has 0 saturated heterocycles. The van der Waals surface area contributed by atoms with Crippen molar-refractivity contribution in [1.82, 2.24) is 0 Å². The summed E-state index contributed by atoms with van der Waals surface area (Å²) in [5.41, 5.74) is 8.07. The maximum Gasteiger partial charge on any atom is 0.259 e. The van der Waals surface area contributed by atoms with Crippen LogP contribution < -0.4 is 5.73 Å². The first-order valence-electron chi connectivity index (χ1n) is 6.44. The van der Waals surface area contributed by atoms with Gasteiger partial charge in [0.25, 0.3) is 5.91 Å². The lowest BCUT2D eigenvalue weighted by Crippen LogP contribution is -2.12. The van der Waals surface area contributed by atoms with Crippen molar-refractivity contribution in [3.63, 3.8) is 0 Å². The molecule has 0 aliphatic rings. The third-order valence-corrected chi connectivity index (χ3v) is 4.40. The number of carbonyl (C=O) groups excluding carboxylic acids is 1. The maximum atomic E-state index is 11.3. The summed E-state index contributed by atoms with van der Waals surface area (Å²) in [6, 6.07) is 15.5. The van der Waals surface area contributed by atoms with Crippen LogP contribution in [0.1, 0.15) is 16.7 Å². The van der Waals surface area contributed by atoms with Crippen molar-refractivity contribution < 1.29 is 4.79 Å². The van der Waals surface area contributed by atoms with Gasteiger partial charge < -0.3 is 5.73 Å². The highest BCUT2D eigenvalue weighted by Gasteiger charge is 2.09. The van der Waals surface area contributed by atoms with Gasteiger partial charge in [-0.05, 0) is 47.4 Å². The van der Waals surface area contributed by atoms with Gasteiger partial charge in [0.05, 0.1) is 0 Å². The zero-order chi connectivity index (χ0) is 16.1. The van der Waals surface area contributed by atoms with Crippen LogP contribution in [0.3, 0.4) is 0 Å². The molecule has 3 nitrogen and oxygen atoms in total. The Bertz CT molecular complexity index is 791. The lowest BCUT2D eigenvalue weighted by molar-refractivity contribution is -0.114. The molecule has 0 radical (unpaired) electrons. The van der Waals surface area contributed by atoms with Crippen molar-refractivity contribution in [2.75, 3.05) is 0 Å². The number of amides is 1. The molecule has 0 aromatic heterocycles. The number of nitrogens with two attached hydrogens (primary N) is 1. The van der Waals surface area contributed by atoms with Crippen molar-refractivity contribution in [2.24, 2.45) is 5.73 Å². The first-order chi connectivity index (χ1) is 10.5. The number of hydrogen-bond donors (Lipinski definition) is 1. The lowest BCUT2D eigenvalue weighted by atomic mass is 9.98. The number of nitriles is 1. The van der Waals surface area contributed by atoms with Crippen LogP contribution in [0, 0.1) is 11.3 Å². The molecule has 5 heteroatoms. The van der Waals surface area contributed by atoms with Crippen molar-refractivity contribution in [3.8, 4) is 6.07 Å². The summed E-state index contributed by atoms with van der Waals surface area (Å²) in [5.74, 6) is -0.727. The largest absolute Gasteiger partial charge is 0.365 e. The molecule has 0 aliphatic heterocycles. The van der Waals surface area contributed by atoms with Gasteiger partial charge in [0.2, 0.25) is 0 Å². The van der Waals surface area contributed by atoms with E-state index in [0.717, 1.165) is 25.6 Å². The molecule has 0 aliphatic carbocycles. The summed E-state index contributed by atoms with van der Waals surface area (Å²) < 4.78 is 1.89. The Morgan fingerprint density at radius 1 is 1.18 bits per heavy atom. The minimum atomic E-state index is -0.727. The van der Waals surface area contributed by atoms with Crippen LogP contribution in [0.5, 0.6) is 0 Å². The van der Waals surface area contributed by atoms with E-state index in [1.165, 1.54) is 6.08 Å². The van der Waals surface area contributed by atoms with Crippen LogP contribution in [0.4, 0.5) is 0 Å². The summed E-state index contributed by atoms with van der Waals surface area (Å²) in [7, 11) is 0. The summed E-state index contributed by atoms with van der Waals surface area (Å²) in [6.45, 7) is 0. The Labute approximate surface area is 145 Å². The van der Waals surface area contributed by atoms with E-state index >= 15 is 0 Å². The Balaban J connectivity index is 2.47. The Kier molecular flexibility index (Phi) is 5.53. The predicted octanol–water partition coefficient (Wildman–Crippen LogP) is 4.19. The van der Waals surface area contributed by atoms with Gasteiger partial charge >= 0.3 is 0 Å². The van der Waals surface area contributed by atoms with Gasteiger partial charge in [-0.25, -0.2) is 0 Å². The van der Waals surface area contributed by atoms with Gasteiger partial charge in [0.1, 0.15) is 11.6 Å². The first-order valence-corrected chi connectivity index (χ1v) is 8.03. The fourth-order valence-corrected chi connectivity index (χ4v) is 2.83. The molecule has 0 bridgehead atoms. The molecular formula is C17H12Br2N2O. The average molecular weight is 420 g/mol. The van der Waals surface area contributed by atoms with E-state index in [9.17, 15) is 4.79 Å². The number of halogens is 2. The molecule has 0 fully saturated rings. The molecule has 2 aromatic carbocycles. The molecule has 0 spiro atoms. The van der Waals surface area contributed by atoms with E-state index in [2.05, 4.69) is 31.9 Å². The molecule has 0 saturated carbocycles. The van der Waals surface area contributed by atoms with E-state index < -0.39 is 5.91 Å². The molecule has 22 heavy (non-hydrogen) atoms. The lowest BCUT2D eigenvalue weighted by Gasteiger charge is -2.09. The highest BCUT2D eigenvalue weighted by molar-refractivity contribution is 9.10.